The zero-order valence-corrected chi connectivity index (χ0v) is 14.5. The molecule has 0 N–H and O–H groups in total. The first-order valence-electron chi connectivity index (χ1n) is 8.47. The van der Waals surface area contributed by atoms with Gasteiger partial charge in [0.1, 0.15) is 5.82 Å². The fourth-order valence-corrected chi connectivity index (χ4v) is 5.18. The molecule has 1 aliphatic carbocycles. The zero-order chi connectivity index (χ0) is 16.0. The van der Waals surface area contributed by atoms with Crippen molar-refractivity contribution in [1.29, 1.82) is 0 Å². The second kappa shape index (κ2) is 5.84. The first-order chi connectivity index (χ1) is 11.0. The second-order valence-electron chi connectivity index (χ2n) is 7.00. The number of imidazole rings is 1. The van der Waals surface area contributed by atoms with Crippen LogP contribution in [0.15, 0.2) is 6.20 Å². The van der Waals surface area contributed by atoms with Crippen LogP contribution in [0.5, 0.6) is 0 Å². The van der Waals surface area contributed by atoms with Gasteiger partial charge in [0, 0.05) is 52.0 Å². The summed E-state index contributed by atoms with van der Waals surface area (Å²) in [5.74, 6) is 0.893. The van der Waals surface area contributed by atoms with E-state index >= 15 is 0 Å². The van der Waals surface area contributed by atoms with E-state index < -0.39 is 10.0 Å². The molecule has 2 aliphatic heterocycles. The normalized spacial score (nSPS) is 24.7. The molecule has 7 nitrogen and oxygen atoms in total. The number of nitrogens with zero attached hydrogens (tertiary/aromatic N) is 5. The van der Waals surface area contributed by atoms with Crippen LogP contribution in [0.2, 0.25) is 0 Å². The molecule has 1 saturated heterocycles. The first kappa shape index (κ1) is 15.6. The van der Waals surface area contributed by atoms with Crippen LogP contribution in [0.4, 0.5) is 0 Å². The molecule has 8 heteroatoms. The molecular formula is C15H25N5O2S. The highest BCUT2D eigenvalue weighted by molar-refractivity contribution is 7.90. The molecule has 0 radical (unpaired) electrons. The lowest BCUT2D eigenvalue weighted by atomic mass is 10.3. The summed E-state index contributed by atoms with van der Waals surface area (Å²) in [5, 5.41) is -0.131. The van der Waals surface area contributed by atoms with Crippen molar-refractivity contribution < 1.29 is 8.42 Å². The molecule has 1 aromatic heterocycles. The minimum absolute atomic E-state index is 0.131. The Kier molecular flexibility index (Phi) is 3.95. The molecule has 0 atom stereocenters. The predicted octanol–water partition coefficient (Wildman–Crippen LogP) is -0.0617. The van der Waals surface area contributed by atoms with Gasteiger partial charge in [-0.15, -0.1) is 0 Å². The Labute approximate surface area is 137 Å². The van der Waals surface area contributed by atoms with E-state index in [2.05, 4.69) is 27.6 Å². The maximum absolute atomic E-state index is 12.4. The van der Waals surface area contributed by atoms with Crippen LogP contribution in [-0.2, 0) is 29.7 Å². The van der Waals surface area contributed by atoms with Crippen molar-refractivity contribution in [2.75, 3.05) is 39.8 Å². The number of hydrogen-bond acceptors (Lipinski definition) is 5. The minimum Gasteiger partial charge on any atom is -0.332 e. The van der Waals surface area contributed by atoms with Gasteiger partial charge in [0.05, 0.1) is 17.5 Å². The summed E-state index contributed by atoms with van der Waals surface area (Å²) >= 11 is 0. The molecular weight excluding hydrogens is 314 g/mol. The Balaban J connectivity index is 1.43. The summed E-state index contributed by atoms with van der Waals surface area (Å²) in [4.78, 5) is 9.48. The maximum atomic E-state index is 12.4. The van der Waals surface area contributed by atoms with E-state index in [9.17, 15) is 8.42 Å². The molecule has 1 aromatic rings. The molecule has 4 rings (SSSR count). The molecule has 3 heterocycles. The van der Waals surface area contributed by atoms with Gasteiger partial charge in [-0.05, 0) is 19.9 Å². The Bertz CT molecular complexity index is 674. The minimum atomic E-state index is -3.09. The Morgan fingerprint density at radius 3 is 2.57 bits per heavy atom. The lowest BCUT2D eigenvalue weighted by Crippen LogP contribution is -2.43. The van der Waals surface area contributed by atoms with E-state index in [0.717, 1.165) is 63.6 Å². The quantitative estimate of drug-likeness (QED) is 0.769. The Hall–Kier alpha value is -0.960. The molecule has 0 bridgehead atoms. The van der Waals surface area contributed by atoms with E-state index in [1.54, 1.807) is 4.31 Å². The van der Waals surface area contributed by atoms with Gasteiger partial charge in [-0.1, -0.05) is 0 Å². The van der Waals surface area contributed by atoms with Gasteiger partial charge >= 0.3 is 0 Å². The Morgan fingerprint density at radius 2 is 1.87 bits per heavy atom. The van der Waals surface area contributed by atoms with Crippen LogP contribution in [0.3, 0.4) is 0 Å². The van der Waals surface area contributed by atoms with Crippen LogP contribution < -0.4 is 0 Å². The van der Waals surface area contributed by atoms with Gasteiger partial charge in [0.2, 0.25) is 10.0 Å². The second-order valence-corrected chi connectivity index (χ2v) is 9.21. The van der Waals surface area contributed by atoms with Crippen molar-refractivity contribution in [3.63, 3.8) is 0 Å². The Morgan fingerprint density at radius 1 is 1.13 bits per heavy atom. The van der Waals surface area contributed by atoms with E-state index in [1.165, 1.54) is 0 Å². The van der Waals surface area contributed by atoms with E-state index in [1.807, 2.05) is 0 Å². The number of aromatic nitrogens is 2. The number of sulfonamides is 1. The number of fused-ring (bicyclic) bond motifs is 1. The highest BCUT2D eigenvalue weighted by Gasteiger charge is 2.41. The van der Waals surface area contributed by atoms with E-state index in [-0.39, 0.29) is 5.25 Å². The fraction of sp³-hybridized carbons (Fsp3) is 0.800. The summed E-state index contributed by atoms with van der Waals surface area (Å²) in [6, 6.07) is 0. The molecule has 0 amide bonds. The smallest absolute Gasteiger partial charge is 0.217 e. The van der Waals surface area contributed by atoms with Gasteiger partial charge in [-0.3, -0.25) is 4.90 Å². The summed E-state index contributed by atoms with van der Waals surface area (Å²) in [6.45, 7) is 6.93. The van der Waals surface area contributed by atoms with E-state index in [4.69, 9.17) is 4.98 Å². The lowest BCUT2D eigenvalue weighted by molar-refractivity contribution is 0.147. The molecule has 128 valence electrons. The van der Waals surface area contributed by atoms with Crippen molar-refractivity contribution in [3.8, 4) is 0 Å². The molecule has 23 heavy (non-hydrogen) atoms. The summed E-state index contributed by atoms with van der Waals surface area (Å²) in [7, 11) is -0.937. The van der Waals surface area contributed by atoms with Crippen LogP contribution in [0.25, 0.3) is 0 Å². The third kappa shape index (κ3) is 3.17. The van der Waals surface area contributed by atoms with Crippen molar-refractivity contribution >= 4 is 10.0 Å². The largest absolute Gasteiger partial charge is 0.332 e. The van der Waals surface area contributed by atoms with Crippen LogP contribution >= 0.6 is 0 Å². The van der Waals surface area contributed by atoms with Crippen molar-refractivity contribution in [3.05, 3.63) is 17.7 Å². The van der Waals surface area contributed by atoms with Crippen molar-refractivity contribution in [2.24, 2.45) is 0 Å². The number of piperazine rings is 1. The zero-order valence-electron chi connectivity index (χ0n) is 13.7. The summed E-state index contributed by atoms with van der Waals surface area (Å²) < 4.78 is 28.5. The predicted molar refractivity (Wildman–Crippen MR) is 87.4 cm³/mol. The van der Waals surface area contributed by atoms with Crippen LogP contribution in [0.1, 0.15) is 24.4 Å². The topological polar surface area (TPSA) is 61.7 Å². The molecule has 0 unspecified atom stereocenters. The molecule has 0 aromatic carbocycles. The van der Waals surface area contributed by atoms with E-state index in [0.29, 0.717) is 13.1 Å². The highest BCUT2D eigenvalue weighted by atomic mass is 32.2. The molecule has 3 aliphatic rings. The maximum Gasteiger partial charge on any atom is 0.217 e. The number of likely N-dealkylation sites (N-methyl/N-ethyl adjacent to an activating group) is 1. The SMILES string of the molecule is CN1CCN(Cc2cn3c(n2)CN(S(=O)(=O)C2CC2)CC3)CC1. The van der Waals surface area contributed by atoms with Gasteiger partial charge < -0.3 is 9.47 Å². The number of rotatable bonds is 4. The molecule has 0 spiro atoms. The van der Waals surface area contributed by atoms with Crippen molar-refractivity contribution in [2.45, 2.75) is 37.7 Å². The van der Waals surface area contributed by atoms with Crippen molar-refractivity contribution in [1.82, 2.24) is 23.7 Å². The van der Waals surface area contributed by atoms with Gasteiger partial charge in [-0.25, -0.2) is 13.4 Å². The summed E-state index contributed by atoms with van der Waals surface area (Å²) in [5.41, 5.74) is 1.07. The standard InChI is InChI=1S/C15H25N5O2S/c1-17-4-6-18(7-5-17)10-13-11-19-8-9-20(12-15(19)16-13)23(21,22)14-2-3-14/h11,14H,2-10,12H2,1H3. The third-order valence-electron chi connectivity index (χ3n) is 5.10. The van der Waals surface area contributed by atoms with Crippen LogP contribution in [0, 0.1) is 0 Å². The van der Waals surface area contributed by atoms with Crippen LogP contribution in [-0.4, -0.2) is 77.1 Å². The highest BCUT2D eigenvalue weighted by Crippen LogP contribution is 2.32. The van der Waals surface area contributed by atoms with Gasteiger partial charge in [0.15, 0.2) is 0 Å². The van der Waals surface area contributed by atoms with Gasteiger partial charge in [-0.2, -0.15) is 4.31 Å². The average molecular weight is 339 g/mol. The third-order valence-corrected chi connectivity index (χ3v) is 7.45. The molecule has 1 saturated carbocycles. The monoisotopic (exact) mass is 339 g/mol. The summed E-state index contributed by atoms with van der Waals surface area (Å²) in [6.07, 6.45) is 3.75. The lowest BCUT2D eigenvalue weighted by Gasteiger charge is -2.31. The van der Waals surface area contributed by atoms with Gasteiger partial charge in [0.25, 0.3) is 0 Å². The first-order valence-corrected chi connectivity index (χ1v) is 9.97. The fourth-order valence-electron chi connectivity index (χ4n) is 3.39. The molecule has 2 fully saturated rings. The number of hydrogen-bond donors (Lipinski definition) is 0. The average Bonchev–Trinajstić information content (AvgIpc) is 3.31.